The van der Waals surface area contributed by atoms with Crippen LogP contribution in [-0.2, 0) is 5.41 Å². The van der Waals surface area contributed by atoms with Gasteiger partial charge in [-0.3, -0.25) is 0 Å². The monoisotopic (exact) mass is 336 g/mol. The largest absolute Gasteiger partial charge is 0.432 e. The molecule has 1 heterocycles. The van der Waals surface area contributed by atoms with Crippen LogP contribution in [0.5, 0.6) is 0 Å². The van der Waals surface area contributed by atoms with Crippen molar-refractivity contribution < 1.29 is 4.42 Å². The highest BCUT2D eigenvalue weighted by molar-refractivity contribution is 9.10. The van der Waals surface area contributed by atoms with Crippen molar-refractivity contribution in [3.63, 3.8) is 0 Å². The highest BCUT2D eigenvalue weighted by Gasteiger charge is 2.24. The minimum absolute atomic E-state index is 0.204. The highest BCUT2D eigenvalue weighted by Crippen LogP contribution is 2.34. The number of aromatic nitrogens is 1. The van der Waals surface area contributed by atoms with Gasteiger partial charge in [-0.25, -0.2) is 4.98 Å². The van der Waals surface area contributed by atoms with Gasteiger partial charge < -0.3 is 4.42 Å². The fourth-order valence-corrected chi connectivity index (χ4v) is 2.44. The maximum Gasteiger partial charge on any atom is 0.203 e. The first kappa shape index (κ1) is 14.2. The van der Waals surface area contributed by atoms with Crippen molar-refractivity contribution in [3.05, 3.63) is 40.3 Å². The molecule has 1 aromatic heterocycles. The Morgan fingerprint density at radius 1 is 1.26 bits per heavy atom. The maximum atomic E-state index is 9.13. The summed E-state index contributed by atoms with van der Waals surface area (Å²) in [6.45, 7) is 6.02. The van der Waals surface area contributed by atoms with Crippen LogP contribution in [0.25, 0.3) is 0 Å². The average Bonchev–Trinajstić information content (AvgIpc) is 2.75. The van der Waals surface area contributed by atoms with E-state index in [1.807, 2.05) is 45.0 Å². The van der Waals surface area contributed by atoms with Gasteiger partial charge in [-0.1, -0.05) is 36.7 Å². The lowest BCUT2D eigenvalue weighted by molar-refractivity contribution is 0.350. The van der Waals surface area contributed by atoms with Crippen molar-refractivity contribution in [3.8, 4) is 6.07 Å². The normalized spacial score (nSPS) is 11.3. The van der Waals surface area contributed by atoms with Gasteiger partial charge in [0.25, 0.3) is 0 Å². The Balaban J connectivity index is 2.32. The molecular formula is C14H13BrN2OS. The molecule has 19 heavy (non-hydrogen) atoms. The van der Waals surface area contributed by atoms with Crippen molar-refractivity contribution >= 4 is 27.7 Å². The third-order valence-corrected chi connectivity index (χ3v) is 3.87. The van der Waals surface area contributed by atoms with E-state index in [-0.39, 0.29) is 5.41 Å². The van der Waals surface area contributed by atoms with E-state index in [0.717, 1.165) is 9.37 Å². The van der Waals surface area contributed by atoms with Gasteiger partial charge in [-0.15, -0.1) is 0 Å². The number of hydrogen-bond donors (Lipinski definition) is 0. The summed E-state index contributed by atoms with van der Waals surface area (Å²) < 4.78 is 6.74. The number of benzene rings is 1. The van der Waals surface area contributed by atoms with Gasteiger partial charge in [-0.2, -0.15) is 5.26 Å². The Hall–Kier alpha value is -1.25. The van der Waals surface area contributed by atoms with E-state index in [0.29, 0.717) is 16.7 Å². The minimum Gasteiger partial charge on any atom is -0.432 e. The molecule has 1 aromatic carbocycles. The number of oxazole rings is 1. The van der Waals surface area contributed by atoms with Crippen LogP contribution in [0.15, 0.2) is 43.1 Å². The summed E-state index contributed by atoms with van der Waals surface area (Å²) in [7, 11) is 0. The third-order valence-electron chi connectivity index (χ3n) is 2.37. The van der Waals surface area contributed by atoms with Gasteiger partial charge in [0, 0.05) is 14.8 Å². The van der Waals surface area contributed by atoms with E-state index >= 15 is 0 Å². The number of hydrogen-bond acceptors (Lipinski definition) is 4. The van der Waals surface area contributed by atoms with Gasteiger partial charge >= 0.3 is 0 Å². The fraction of sp³-hybridized carbons (Fsp3) is 0.286. The van der Waals surface area contributed by atoms with E-state index < -0.39 is 0 Å². The quantitative estimate of drug-likeness (QED) is 0.793. The standard InChI is InChI=1S/C14H13BrN2OS/c1-14(2,3)13-17-11(8-16)12(18-13)19-10-6-4-9(15)5-7-10/h4-7H,1-3H3. The Morgan fingerprint density at radius 3 is 2.42 bits per heavy atom. The second-order valence-corrected chi connectivity index (χ2v) is 7.03. The number of nitriles is 1. The summed E-state index contributed by atoms with van der Waals surface area (Å²) in [5, 5.41) is 9.68. The van der Waals surface area contributed by atoms with E-state index in [1.165, 1.54) is 11.8 Å². The molecule has 0 N–H and O–H groups in total. The van der Waals surface area contributed by atoms with Gasteiger partial charge in [0.2, 0.25) is 11.0 Å². The summed E-state index contributed by atoms with van der Waals surface area (Å²) >= 11 is 4.80. The van der Waals surface area contributed by atoms with E-state index in [4.69, 9.17) is 9.68 Å². The third kappa shape index (κ3) is 3.40. The van der Waals surface area contributed by atoms with Crippen molar-refractivity contribution in [1.82, 2.24) is 4.98 Å². The molecule has 5 heteroatoms. The van der Waals surface area contributed by atoms with Crippen LogP contribution in [0.3, 0.4) is 0 Å². The van der Waals surface area contributed by atoms with Crippen molar-refractivity contribution in [1.29, 1.82) is 5.26 Å². The number of nitrogens with zero attached hydrogens (tertiary/aromatic N) is 2. The summed E-state index contributed by atoms with van der Waals surface area (Å²) in [5.74, 6) is 0.587. The molecule has 0 saturated carbocycles. The van der Waals surface area contributed by atoms with Gasteiger partial charge in [0.05, 0.1) is 0 Å². The van der Waals surface area contributed by atoms with Crippen molar-refractivity contribution in [2.24, 2.45) is 0 Å². The first-order chi connectivity index (χ1) is 8.90. The molecule has 0 unspecified atom stereocenters. The minimum atomic E-state index is -0.204. The Bertz CT molecular complexity index is 620. The summed E-state index contributed by atoms with van der Waals surface area (Å²) in [4.78, 5) is 5.27. The van der Waals surface area contributed by atoms with E-state index in [2.05, 4.69) is 27.0 Å². The lowest BCUT2D eigenvalue weighted by atomic mass is 9.97. The first-order valence-electron chi connectivity index (χ1n) is 5.75. The van der Waals surface area contributed by atoms with Gasteiger partial charge in [-0.05, 0) is 36.0 Å². The SMILES string of the molecule is CC(C)(C)c1nc(C#N)c(Sc2ccc(Br)cc2)o1. The lowest BCUT2D eigenvalue weighted by Crippen LogP contribution is -2.11. The summed E-state index contributed by atoms with van der Waals surface area (Å²) in [5.41, 5.74) is 0.141. The molecule has 98 valence electrons. The fourth-order valence-electron chi connectivity index (χ4n) is 1.38. The highest BCUT2D eigenvalue weighted by atomic mass is 79.9. The molecule has 0 radical (unpaired) electrons. The maximum absolute atomic E-state index is 9.13. The van der Waals surface area contributed by atoms with Crippen LogP contribution in [0.1, 0.15) is 32.4 Å². The second kappa shape index (κ2) is 5.40. The predicted molar refractivity (Wildman–Crippen MR) is 78.2 cm³/mol. The van der Waals surface area contributed by atoms with Crippen LogP contribution in [0, 0.1) is 11.3 Å². The molecule has 0 fully saturated rings. The van der Waals surface area contributed by atoms with Gasteiger partial charge in [0.15, 0.2) is 5.69 Å². The van der Waals surface area contributed by atoms with Gasteiger partial charge in [0.1, 0.15) is 6.07 Å². The van der Waals surface area contributed by atoms with Crippen LogP contribution in [-0.4, -0.2) is 4.98 Å². The zero-order valence-electron chi connectivity index (χ0n) is 10.9. The second-order valence-electron chi connectivity index (χ2n) is 5.07. The molecule has 0 saturated heterocycles. The number of halogens is 1. The molecule has 2 rings (SSSR count). The van der Waals surface area contributed by atoms with E-state index in [9.17, 15) is 0 Å². The zero-order chi connectivity index (χ0) is 14.0. The molecule has 0 atom stereocenters. The Morgan fingerprint density at radius 2 is 1.89 bits per heavy atom. The van der Waals surface area contributed by atoms with Crippen LogP contribution >= 0.6 is 27.7 Å². The summed E-state index contributed by atoms with van der Waals surface area (Å²) in [6.07, 6.45) is 0. The first-order valence-corrected chi connectivity index (χ1v) is 7.36. The van der Waals surface area contributed by atoms with Crippen LogP contribution < -0.4 is 0 Å². The molecule has 0 bridgehead atoms. The molecule has 0 amide bonds. The Labute approximate surface area is 125 Å². The topological polar surface area (TPSA) is 49.8 Å². The number of rotatable bonds is 2. The average molecular weight is 337 g/mol. The van der Waals surface area contributed by atoms with Crippen molar-refractivity contribution in [2.75, 3.05) is 0 Å². The van der Waals surface area contributed by atoms with E-state index in [1.54, 1.807) is 0 Å². The molecule has 3 nitrogen and oxygen atoms in total. The van der Waals surface area contributed by atoms with Crippen molar-refractivity contribution in [2.45, 2.75) is 36.2 Å². The lowest BCUT2D eigenvalue weighted by Gasteiger charge is -2.11. The summed E-state index contributed by atoms with van der Waals surface area (Å²) in [6, 6.07) is 9.93. The smallest absolute Gasteiger partial charge is 0.203 e. The molecule has 0 aliphatic rings. The zero-order valence-corrected chi connectivity index (χ0v) is 13.3. The molecule has 0 spiro atoms. The molecule has 2 aromatic rings. The van der Waals surface area contributed by atoms with Crippen LogP contribution in [0.4, 0.5) is 0 Å². The molecular weight excluding hydrogens is 324 g/mol. The van der Waals surface area contributed by atoms with Crippen LogP contribution in [0.2, 0.25) is 0 Å². The predicted octanol–water partition coefficient (Wildman–Crippen LogP) is 4.76. The Kier molecular flexibility index (Phi) is 4.02. The molecule has 0 aliphatic heterocycles. The molecule has 0 aliphatic carbocycles.